The molecule has 0 radical (unpaired) electrons. The van der Waals surface area contributed by atoms with Gasteiger partial charge in [-0.15, -0.1) is 0 Å². The van der Waals surface area contributed by atoms with Gasteiger partial charge in [0.15, 0.2) is 0 Å². The standard InChI is InChI=1S/C15H15BrFN/c1-18-10-12-4-2-11(3-5-12)8-13-9-14(16)6-7-15(13)17/h2-7,9,18H,8,10H2,1H3. The van der Waals surface area contributed by atoms with E-state index in [1.807, 2.05) is 25.2 Å². The Morgan fingerprint density at radius 1 is 1.06 bits per heavy atom. The van der Waals surface area contributed by atoms with E-state index in [2.05, 4.69) is 33.4 Å². The van der Waals surface area contributed by atoms with E-state index in [4.69, 9.17) is 0 Å². The molecule has 0 aliphatic heterocycles. The van der Waals surface area contributed by atoms with Gasteiger partial charge in [-0.05, 0) is 41.9 Å². The molecule has 2 aromatic carbocycles. The van der Waals surface area contributed by atoms with Gasteiger partial charge in [0.25, 0.3) is 0 Å². The smallest absolute Gasteiger partial charge is 0.126 e. The maximum Gasteiger partial charge on any atom is 0.126 e. The largest absolute Gasteiger partial charge is 0.316 e. The van der Waals surface area contributed by atoms with Crippen molar-refractivity contribution in [2.24, 2.45) is 0 Å². The van der Waals surface area contributed by atoms with Crippen LogP contribution in [-0.4, -0.2) is 7.05 Å². The molecule has 0 heterocycles. The summed E-state index contributed by atoms with van der Waals surface area (Å²) in [6, 6.07) is 13.3. The van der Waals surface area contributed by atoms with Crippen molar-refractivity contribution < 1.29 is 4.39 Å². The molecule has 0 aliphatic carbocycles. The van der Waals surface area contributed by atoms with Gasteiger partial charge in [-0.2, -0.15) is 0 Å². The molecule has 0 aromatic heterocycles. The molecular weight excluding hydrogens is 293 g/mol. The maximum atomic E-state index is 13.6. The predicted molar refractivity (Wildman–Crippen MR) is 76.1 cm³/mol. The summed E-state index contributed by atoms with van der Waals surface area (Å²) < 4.78 is 14.5. The summed E-state index contributed by atoms with van der Waals surface area (Å²) in [5, 5.41) is 3.10. The molecule has 18 heavy (non-hydrogen) atoms. The van der Waals surface area contributed by atoms with Crippen LogP contribution in [0, 0.1) is 5.82 Å². The highest BCUT2D eigenvalue weighted by molar-refractivity contribution is 9.10. The lowest BCUT2D eigenvalue weighted by molar-refractivity contribution is 0.613. The van der Waals surface area contributed by atoms with Crippen LogP contribution < -0.4 is 5.32 Å². The quantitative estimate of drug-likeness (QED) is 0.903. The Balaban J connectivity index is 2.15. The molecule has 0 unspecified atom stereocenters. The minimum atomic E-state index is -0.155. The van der Waals surface area contributed by atoms with E-state index in [1.165, 1.54) is 11.6 Å². The van der Waals surface area contributed by atoms with E-state index in [0.717, 1.165) is 16.6 Å². The van der Waals surface area contributed by atoms with Crippen molar-refractivity contribution in [2.45, 2.75) is 13.0 Å². The predicted octanol–water partition coefficient (Wildman–Crippen LogP) is 3.90. The summed E-state index contributed by atoms with van der Waals surface area (Å²) in [5.41, 5.74) is 3.06. The molecule has 0 atom stereocenters. The highest BCUT2D eigenvalue weighted by Gasteiger charge is 2.04. The van der Waals surface area contributed by atoms with E-state index in [9.17, 15) is 4.39 Å². The van der Waals surface area contributed by atoms with Gasteiger partial charge in [0.2, 0.25) is 0 Å². The second kappa shape index (κ2) is 6.12. The summed E-state index contributed by atoms with van der Waals surface area (Å²) in [7, 11) is 1.92. The van der Waals surface area contributed by atoms with Crippen LogP contribution >= 0.6 is 15.9 Å². The van der Waals surface area contributed by atoms with Crippen LogP contribution in [0.3, 0.4) is 0 Å². The van der Waals surface area contributed by atoms with Gasteiger partial charge < -0.3 is 5.32 Å². The fraction of sp³-hybridized carbons (Fsp3) is 0.200. The fourth-order valence-corrected chi connectivity index (χ4v) is 2.29. The first-order valence-electron chi connectivity index (χ1n) is 5.85. The minimum Gasteiger partial charge on any atom is -0.316 e. The third-order valence-electron chi connectivity index (χ3n) is 2.81. The van der Waals surface area contributed by atoms with Crippen LogP contribution in [-0.2, 0) is 13.0 Å². The summed E-state index contributed by atoms with van der Waals surface area (Å²) in [6.45, 7) is 0.853. The van der Waals surface area contributed by atoms with E-state index < -0.39 is 0 Å². The van der Waals surface area contributed by atoms with Crippen molar-refractivity contribution in [3.05, 3.63) is 69.4 Å². The van der Waals surface area contributed by atoms with Crippen molar-refractivity contribution in [2.75, 3.05) is 7.05 Å². The molecule has 2 aromatic rings. The first-order valence-corrected chi connectivity index (χ1v) is 6.64. The van der Waals surface area contributed by atoms with Crippen molar-refractivity contribution >= 4 is 15.9 Å². The summed E-state index contributed by atoms with van der Waals surface area (Å²) in [5.74, 6) is -0.155. The second-order valence-electron chi connectivity index (χ2n) is 4.26. The SMILES string of the molecule is CNCc1ccc(Cc2cc(Br)ccc2F)cc1. The van der Waals surface area contributed by atoms with Crippen molar-refractivity contribution in [3.63, 3.8) is 0 Å². The van der Waals surface area contributed by atoms with E-state index in [0.29, 0.717) is 12.0 Å². The Morgan fingerprint density at radius 3 is 2.39 bits per heavy atom. The van der Waals surface area contributed by atoms with Crippen molar-refractivity contribution in [1.29, 1.82) is 0 Å². The summed E-state index contributed by atoms with van der Waals surface area (Å²) >= 11 is 3.37. The zero-order valence-corrected chi connectivity index (χ0v) is 11.8. The van der Waals surface area contributed by atoms with Crippen molar-refractivity contribution in [3.8, 4) is 0 Å². The van der Waals surface area contributed by atoms with Gasteiger partial charge in [-0.1, -0.05) is 40.2 Å². The minimum absolute atomic E-state index is 0.155. The lowest BCUT2D eigenvalue weighted by Gasteiger charge is -2.06. The Hall–Kier alpha value is -1.19. The Kier molecular flexibility index (Phi) is 4.50. The molecular formula is C15H15BrFN. The lowest BCUT2D eigenvalue weighted by Crippen LogP contribution is -2.04. The molecule has 3 heteroatoms. The van der Waals surface area contributed by atoms with Gasteiger partial charge in [0, 0.05) is 17.4 Å². The van der Waals surface area contributed by atoms with E-state index >= 15 is 0 Å². The van der Waals surface area contributed by atoms with E-state index in [-0.39, 0.29) is 5.82 Å². The highest BCUT2D eigenvalue weighted by Crippen LogP contribution is 2.19. The molecule has 1 N–H and O–H groups in total. The first kappa shape index (κ1) is 13.2. The van der Waals surface area contributed by atoms with Crippen LogP contribution in [0.25, 0.3) is 0 Å². The molecule has 94 valence electrons. The normalized spacial score (nSPS) is 10.6. The zero-order chi connectivity index (χ0) is 13.0. The number of hydrogen-bond acceptors (Lipinski definition) is 1. The van der Waals surface area contributed by atoms with Crippen LogP contribution in [0.5, 0.6) is 0 Å². The second-order valence-corrected chi connectivity index (χ2v) is 5.18. The zero-order valence-electron chi connectivity index (χ0n) is 10.2. The van der Waals surface area contributed by atoms with Crippen LogP contribution in [0.1, 0.15) is 16.7 Å². The van der Waals surface area contributed by atoms with Crippen LogP contribution in [0.15, 0.2) is 46.9 Å². The first-order chi connectivity index (χ1) is 8.69. The average molecular weight is 308 g/mol. The lowest BCUT2D eigenvalue weighted by atomic mass is 10.0. The highest BCUT2D eigenvalue weighted by atomic mass is 79.9. The Bertz CT molecular complexity index is 523. The number of rotatable bonds is 4. The number of nitrogens with one attached hydrogen (secondary N) is 1. The van der Waals surface area contributed by atoms with Gasteiger partial charge in [-0.25, -0.2) is 4.39 Å². The fourth-order valence-electron chi connectivity index (χ4n) is 1.88. The molecule has 0 saturated heterocycles. The molecule has 0 bridgehead atoms. The summed E-state index contributed by atoms with van der Waals surface area (Å²) in [4.78, 5) is 0. The molecule has 1 nitrogen and oxygen atoms in total. The van der Waals surface area contributed by atoms with Gasteiger partial charge in [-0.3, -0.25) is 0 Å². The number of benzene rings is 2. The third kappa shape index (κ3) is 3.40. The van der Waals surface area contributed by atoms with Gasteiger partial charge in [0.1, 0.15) is 5.82 Å². The molecule has 0 spiro atoms. The molecule has 0 amide bonds. The maximum absolute atomic E-state index is 13.6. The molecule has 0 saturated carbocycles. The molecule has 0 fully saturated rings. The summed E-state index contributed by atoms with van der Waals surface area (Å²) in [6.07, 6.45) is 0.616. The number of halogens is 2. The number of hydrogen-bond donors (Lipinski definition) is 1. The van der Waals surface area contributed by atoms with E-state index in [1.54, 1.807) is 6.07 Å². The van der Waals surface area contributed by atoms with Gasteiger partial charge >= 0.3 is 0 Å². The Labute approximate surface area is 115 Å². The van der Waals surface area contributed by atoms with Crippen LogP contribution in [0.4, 0.5) is 4.39 Å². The van der Waals surface area contributed by atoms with Crippen molar-refractivity contribution in [1.82, 2.24) is 5.32 Å². The third-order valence-corrected chi connectivity index (χ3v) is 3.30. The molecule has 2 rings (SSSR count). The average Bonchev–Trinajstić information content (AvgIpc) is 2.37. The topological polar surface area (TPSA) is 12.0 Å². The monoisotopic (exact) mass is 307 g/mol. The molecule has 0 aliphatic rings. The van der Waals surface area contributed by atoms with Crippen LogP contribution in [0.2, 0.25) is 0 Å². The Morgan fingerprint density at radius 2 is 1.72 bits per heavy atom. The van der Waals surface area contributed by atoms with Gasteiger partial charge in [0.05, 0.1) is 0 Å².